The summed E-state index contributed by atoms with van der Waals surface area (Å²) in [6.07, 6.45) is 21.1. The van der Waals surface area contributed by atoms with Gasteiger partial charge in [-0.3, -0.25) is 0 Å². The number of hydrogen-bond acceptors (Lipinski definition) is 3. The molecule has 0 spiro atoms. The van der Waals surface area contributed by atoms with Gasteiger partial charge in [-0.2, -0.15) is 11.3 Å². The lowest BCUT2D eigenvalue weighted by Crippen LogP contribution is -2.62. The fraction of sp³-hybridized carbons (Fsp3) is 0.569. The second-order valence-corrected chi connectivity index (χ2v) is 30.6. The summed E-state index contributed by atoms with van der Waals surface area (Å²) in [5, 5.41) is 0. The van der Waals surface area contributed by atoms with Gasteiger partial charge in [-0.05, 0) is 188 Å². The minimum atomic E-state index is -0.108. The third kappa shape index (κ3) is 6.27. The van der Waals surface area contributed by atoms with Crippen LogP contribution in [-0.2, 0) is 39.9 Å². The molecule has 3 aliphatic heterocycles. The summed E-state index contributed by atoms with van der Waals surface area (Å²) in [5.41, 5.74) is 26.9. The molecule has 2 nitrogen and oxygen atoms in total. The third-order valence-corrected chi connectivity index (χ3v) is 21.8. The Hall–Kier alpha value is -3.76. The lowest BCUT2D eigenvalue weighted by atomic mass is 9.35. The number of rotatable bonds is 1. The highest BCUT2D eigenvalue weighted by Gasteiger charge is 2.57. The highest BCUT2D eigenvalue weighted by atomic mass is 32.1. The molecule has 12 rings (SSSR count). The van der Waals surface area contributed by atoms with E-state index in [0.717, 1.165) is 19.3 Å². The smallest absolute Gasteiger partial charge is 0.264 e. The van der Waals surface area contributed by atoms with Crippen LogP contribution in [0.1, 0.15) is 212 Å². The molecule has 0 amide bonds. The van der Waals surface area contributed by atoms with Gasteiger partial charge in [0.1, 0.15) is 0 Å². The first-order chi connectivity index (χ1) is 32.0. The van der Waals surface area contributed by atoms with Crippen molar-refractivity contribution in [2.75, 3.05) is 9.80 Å². The fourth-order valence-corrected chi connectivity index (χ4v) is 17.2. The Labute approximate surface area is 422 Å². The van der Waals surface area contributed by atoms with E-state index in [1.54, 1.807) is 48.6 Å². The molecular formula is C65H83BN2S. The van der Waals surface area contributed by atoms with Crippen molar-refractivity contribution in [2.45, 2.75) is 209 Å². The third-order valence-electron chi connectivity index (χ3n) is 20.5. The Morgan fingerprint density at radius 2 is 1.30 bits per heavy atom. The summed E-state index contributed by atoms with van der Waals surface area (Å²) in [5.74, 6) is 1.06. The van der Waals surface area contributed by atoms with Crippen LogP contribution >= 0.6 is 11.3 Å². The van der Waals surface area contributed by atoms with Gasteiger partial charge in [-0.1, -0.05) is 160 Å². The molecule has 4 heteroatoms. The molecule has 3 aromatic carbocycles. The molecule has 5 aliphatic carbocycles. The molecule has 2 unspecified atom stereocenters. The maximum Gasteiger partial charge on any atom is 0.264 e. The number of allylic oxidation sites excluding steroid dienone is 5. The average molecular weight is 935 g/mol. The van der Waals surface area contributed by atoms with Crippen LogP contribution in [0.2, 0.25) is 0 Å². The SMILES string of the molecule is Cc1cc2c(c3c1N1c4cc(C(C)(C)C)cc5c4B(c4ccc6c(c41)C3(C)CCC6(C)C)c1sc3c(c1N5C1=CCC(C(C)(C)C)C=C1)CC=C1[C@@H](C3)C(C)(C)CCC1(C)C)C(C)(C)CCC2(C)C. The van der Waals surface area contributed by atoms with E-state index < -0.39 is 0 Å². The predicted octanol–water partition coefficient (Wildman–Crippen LogP) is 16.1. The van der Waals surface area contributed by atoms with Gasteiger partial charge < -0.3 is 9.80 Å². The van der Waals surface area contributed by atoms with Crippen LogP contribution < -0.4 is 25.5 Å². The molecule has 69 heavy (non-hydrogen) atoms. The number of hydrogen-bond donors (Lipinski definition) is 0. The minimum absolute atomic E-state index is 0.0631. The van der Waals surface area contributed by atoms with Crippen molar-refractivity contribution in [2.24, 2.45) is 28.1 Å². The molecular weight excluding hydrogens is 852 g/mol. The van der Waals surface area contributed by atoms with Crippen LogP contribution in [0.5, 0.6) is 0 Å². The summed E-state index contributed by atoms with van der Waals surface area (Å²) < 4.78 is 1.58. The molecule has 362 valence electrons. The van der Waals surface area contributed by atoms with Crippen molar-refractivity contribution < 1.29 is 0 Å². The van der Waals surface area contributed by atoms with E-state index in [2.05, 4.69) is 200 Å². The maximum atomic E-state index is 2.91. The Morgan fingerprint density at radius 1 is 0.652 bits per heavy atom. The van der Waals surface area contributed by atoms with Gasteiger partial charge in [0.05, 0.1) is 11.4 Å². The largest absolute Gasteiger partial charge is 0.311 e. The fourth-order valence-electron chi connectivity index (χ4n) is 15.7. The van der Waals surface area contributed by atoms with Crippen LogP contribution in [0.3, 0.4) is 0 Å². The van der Waals surface area contributed by atoms with Crippen LogP contribution in [0.4, 0.5) is 28.4 Å². The molecule has 3 atom stereocenters. The normalized spacial score (nSPS) is 26.8. The van der Waals surface area contributed by atoms with E-state index in [0.29, 0.717) is 11.8 Å². The Kier molecular flexibility index (Phi) is 9.43. The minimum Gasteiger partial charge on any atom is -0.311 e. The standard InChI is InChI=1S/C65H83BN2S/c1-37-33-45-50(64(16,17)30-29-63(45,14)15)52-54(37)68-48-35-39(59(5,6)7)34-47-53(48)66(46-26-25-43-51(56(46)68)65(52,18)32-31-61(43,10)11)57-55(67(47)40-21-19-38(20-22-40)58(2,3)4)41-23-24-42-44(36-49(41)69-57)62(12,13)28-27-60(42,8)9/h19,21-22,24-26,33-35,38,44H,20,23,27-32,36H2,1-18H3/t38?,44-,65?/m1/s1. The summed E-state index contributed by atoms with van der Waals surface area (Å²) in [6, 6.07) is 13.3. The van der Waals surface area contributed by atoms with Gasteiger partial charge in [-0.25, -0.2) is 0 Å². The summed E-state index contributed by atoms with van der Waals surface area (Å²) >= 11 is 2.21. The molecule has 1 aromatic heterocycles. The molecule has 0 saturated heterocycles. The first-order valence-electron chi connectivity index (χ1n) is 27.4. The number of fused-ring (bicyclic) bond motifs is 12. The van der Waals surface area contributed by atoms with Gasteiger partial charge in [0.15, 0.2) is 0 Å². The van der Waals surface area contributed by atoms with Gasteiger partial charge in [-0.15, -0.1) is 0 Å². The second kappa shape index (κ2) is 14.0. The van der Waals surface area contributed by atoms with Crippen LogP contribution in [-0.4, -0.2) is 6.71 Å². The van der Waals surface area contributed by atoms with Gasteiger partial charge >= 0.3 is 0 Å². The zero-order chi connectivity index (χ0) is 49.3. The number of aryl methyl sites for hydroxylation is 1. The van der Waals surface area contributed by atoms with Crippen LogP contribution in [0.15, 0.2) is 65.9 Å². The molecule has 0 N–H and O–H groups in total. The maximum absolute atomic E-state index is 2.91. The lowest BCUT2D eigenvalue weighted by molar-refractivity contribution is 0.124. The monoisotopic (exact) mass is 935 g/mol. The number of benzene rings is 3. The molecule has 4 aromatic rings. The predicted molar refractivity (Wildman–Crippen MR) is 300 cm³/mol. The molecule has 1 fully saturated rings. The number of nitrogens with zero attached hydrogens (tertiary/aromatic N) is 2. The Morgan fingerprint density at radius 3 is 1.97 bits per heavy atom. The van der Waals surface area contributed by atoms with Crippen molar-refractivity contribution >= 4 is 62.2 Å². The van der Waals surface area contributed by atoms with Crippen molar-refractivity contribution in [3.05, 3.63) is 115 Å². The first kappa shape index (κ1) is 46.3. The lowest BCUT2D eigenvalue weighted by Gasteiger charge is -2.57. The number of thiophene rings is 1. The van der Waals surface area contributed by atoms with E-state index in [1.165, 1.54) is 94.7 Å². The molecule has 0 bridgehead atoms. The topological polar surface area (TPSA) is 6.48 Å². The second-order valence-electron chi connectivity index (χ2n) is 29.4. The van der Waals surface area contributed by atoms with E-state index in [4.69, 9.17) is 0 Å². The zero-order valence-corrected chi connectivity index (χ0v) is 46.9. The van der Waals surface area contributed by atoms with Crippen LogP contribution in [0, 0.1) is 35.0 Å². The summed E-state index contributed by atoms with van der Waals surface area (Å²) in [4.78, 5) is 7.39. The highest BCUT2D eigenvalue weighted by Crippen LogP contribution is 2.66. The van der Waals surface area contributed by atoms with Crippen molar-refractivity contribution in [1.82, 2.24) is 0 Å². The zero-order valence-electron chi connectivity index (χ0n) is 46.1. The highest BCUT2D eigenvalue weighted by molar-refractivity contribution is 7.29. The van der Waals surface area contributed by atoms with Crippen molar-refractivity contribution in [3.63, 3.8) is 0 Å². The van der Waals surface area contributed by atoms with Crippen LogP contribution in [0.25, 0.3) is 0 Å². The number of anilines is 5. The van der Waals surface area contributed by atoms with Gasteiger partial charge in [0, 0.05) is 37.8 Å². The van der Waals surface area contributed by atoms with E-state index in [9.17, 15) is 0 Å². The average Bonchev–Trinajstić information content (AvgIpc) is 3.48. The summed E-state index contributed by atoms with van der Waals surface area (Å²) in [6.45, 7) is 45.5. The van der Waals surface area contributed by atoms with Gasteiger partial charge in [0.25, 0.3) is 6.71 Å². The molecule has 1 saturated carbocycles. The Bertz CT molecular complexity index is 3030. The molecule has 4 heterocycles. The Balaban J connectivity index is 1.21. The van der Waals surface area contributed by atoms with Crippen molar-refractivity contribution in [3.8, 4) is 0 Å². The first-order valence-corrected chi connectivity index (χ1v) is 28.2. The summed E-state index contributed by atoms with van der Waals surface area (Å²) in [7, 11) is 0. The van der Waals surface area contributed by atoms with E-state index in [1.807, 2.05) is 0 Å². The van der Waals surface area contributed by atoms with Gasteiger partial charge in [0.2, 0.25) is 0 Å². The van der Waals surface area contributed by atoms with E-state index in [-0.39, 0.29) is 50.0 Å². The van der Waals surface area contributed by atoms with Crippen molar-refractivity contribution in [1.29, 1.82) is 0 Å². The quantitative estimate of drug-likeness (QED) is 0.122. The molecule has 0 radical (unpaired) electrons. The molecule has 8 aliphatic rings. The van der Waals surface area contributed by atoms with E-state index >= 15 is 0 Å².